The second-order valence-corrected chi connectivity index (χ2v) is 2.74. The third kappa shape index (κ3) is 1.16. The molecule has 1 aliphatic carbocycles. The third-order valence-electron chi connectivity index (χ3n) is 1.97. The highest BCUT2D eigenvalue weighted by Crippen LogP contribution is 2.22. The molecule has 4 nitrogen and oxygen atoms in total. The van der Waals surface area contributed by atoms with E-state index in [0.29, 0.717) is 23.4 Å². The van der Waals surface area contributed by atoms with Crippen LogP contribution in [-0.4, -0.2) is 21.0 Å². The summed E-state index contributed by atoms with van der Waals surface area (Å²) in [4.78, 5) is 3.99. The lowest BCUT2D eigenvalue weighted by Gasteiger charge is -2.12. The molecule has 0 aliphatic heterocycles. The maximum absolute atomic E-state index is 9.44. The highest BCUT2D eigenvalue weighted by atomic mass is 16.4. The van der Waals surface area contributed by atoms with Gasteiger partial charge in [0.15, 0.2) is 0 Å². The molecule has 2 N–H and O–H groups in total. The number of fused-ring (bicyclic) bond motifs is 1. The Labute approximate surface area is 74.9 Å². The van der Waals surface area contributed by atoms with Crippen molar-refractivity contribution in [2.45, 2.75) is 6.42 Å². The Morgan fingerprint density at radius 1 is 1.46 bits per heavy atom. The van der Waals surface area contributed by atoms with Gasteiger partial charge in [-0.2, -0.15) is 0 Å². The number of hydrogen-bond acceptors (Lipinski definition) is 4. The Morgan fingerprint density at radius 3 is 3.08 bits per heavy atom. The number of nitrogens with zero attached hydrogens (tertiary/aromatic N) is 2. The molecule has 1 heterocycles. The standard InChI is InChI=1S/C9H8N2O2/c12-8-4-3-7(11-13)6-2-1-5-10-9(6)8/h1-2,4-5,12-13H,3H2/b11-7-. The van der Waals surface area contributed by atoms with Gasteiger partial charge in [-0.1, -0.05) is 5.16 Å². The summed E-state index contributed by atoms with van der Waals surface area (Å²) >= 11 is 0. The quantitative estimate of drug-likeness (QED) is 0.465. The van der Waals surface area contributed by atoms with Crippen LogP contribution in [-0.2, 0) is 0 Å². The van der Waals surface area contributed by atoms with Gasteiger partial charge in [-0.15, -0.1) is 0 Å². The largest absolute Gasteiger partial charge is 0.506 e. The van der Waals surface area contributed by atoms with Crippen LogP contribution < -0.4 is 0 Å². The molecule has 0 fully saturated rings. The molecule has 1 aromatic rings. The zero-order valence-corrected chi connectivity index (χ0v) is 6.81. The normalized spacial score (nSPS) is 18.2. The molecule has 0 unspecified atom stereocenters. The number of rotatable bonds is 0. The van der Waals surface area contributed by atoms with Crippen molar-refractivity contribution in [1.29, 1.82) is 0 Å². The average molecular weight is 176 g/mol. The Bertz CT molecular complexity index is 396. The van der Waals surface area contributed by atoms with Crippen molar-refractivity contribution < 1.29 is 10.3 Å². The highest BCUT2D eigenvalue weighted by molar-refractivity contribution is 6.06. The summed E-state index contributed by atoms with van der Waals surface area (Å²) in [6.45, 7) is 0. The zero-order chi connectivity index (χ0) is 9.26. The molecule has 4 heteroatoms. The smallest absolute Gasteiger partial charge is 0.138 e. The van der Waals surface area contributed by atoms with Crippen LogP contribution in [0, 0.1) is 0 Å². The minimum absolute atomic E-state index is 0.142. The third-order valence-corrected chi connectivity index (χ3v) is 1.97. The first-order valence-corrected chi connectivity index (χ1v) is 3.88. The van der Waals surface area contributed by atoms with E-state index < -0.39 is 0 Å². The van der Waals surface area contributed by atoms with E-state index in [0.717, 1.165) is 0 Å². The Balaban J connectivity index is 2.64. The van der Waals surface area contributed by atoms with Crippen LogP contribution >= 0.6 is 0 Å². The van der Waals surface area contributed by atoms with E-state index in [4.69, 9.17) is 5.21 Å². The summed E-state index contributed by atoms with van der Waals surface area (Å²) in [5.41, 5.74) is 1.69. The molecule has 0 saturated heterocycles. The summed E-state index contributed by atoms with van der Waals surface area (Å²) in [5.74, 6) is 0.142. The van der Waals surface area contributed by atoms with E-state index in [1.807, 2.05) is 0 Å². The molecule has 13 heavy (non-hydrogen) atoms. The number of aromatic nitrogens is 1. The summed E-state index contributed by atoms with van der Waals surface area (Å²) in [6.07, 6.45) is 3.59. The first kappa shape index (κ1) is 7.79. The van der Waals surface area contributed by atoms with Crippen LogP contribution in [0.1, 0.15) is 17.7 Å². The molecule has 66 valence electrons. The second kappa shape index (κ2) is 2.90. The predicted octanol–water partition coefficient (Wildman–Crippen LogP) is 1.56. The molecule has 0 amide bonds. The van der Waals surface area contributed by atoms with E-state index in [1.54, 1.807) is 24.4 Å². The number of oxime groups is 1. The van der Waals surface area contributed by atoms with E-state index >= 15 is 0 Å². The lowest BCUT2D eigenvalue weighted by molar-refractivity contribution is 0.318. The maximum atomic E-state index is 9.44. The molecule has 0 atom stereocenters. The molecule has 1 aliphatic rings. The van der Waals surface area contributed by atoms with Crippen LogP contribution in [0.3, 0.4) is 0 Å². The number of aliphatic hydroxyl groups excluding tert-OH is 1. The number of pyridine rings is 1. The molecule has 0 saturated carbocycles. The van der Waals surface area contributed by atoms with Gasteiger partial charge in [0, 0.05) is 18.2 Å². The van der Waals surface area contributed by atoms with Crippen LogP contribution in [0.2, 0.25) is 0 Å². The second-order valence-electron chi connectivity index (χ2n) is 2.74. The van der Waals surface area contributed by atoms with E-state index in [-0.39, 0.29) is 5.76 Å². The van der Waals surface area contributed by atoms with Gasteiger partial charge < -0.3 is 10.3 Å². The van der Waals surface area contributed by atoms with Gasteiger partial charge in [0.1, 0.15) is 11.5 Å². The van der Waals surface area contributed by atoms with Gasteiger partial charge in [-0.25, -0.2) is 0 Å². The topological polar surface area (TPSA) is 65.7 Å². The zero-order valence-electron chi connectivity index (χ0n) is 6.81. The molecular formula is C9H8N2O2. The fourth-order valence-electron chi connectivity index (χ4n) is 1.34. The van der Waals surface area contributed by atoms with Crippen LogP contribution in [0.15, 0.2) is 29.6 Å². The number of hydrogen-bond donors (Lipinski definition) is 2. The van der Waals surface area contributed by atoms with E-state index in [9.17, 15) is 5.11 Å². The monoisotopic (exact) mass is 176 g/mol. The summed E-state index contributed by atoms with van der Waals surface area (Å²) in [5, 5.41) is 21.3. The average Bonchev–Trinajstić information content (AvgIpc) is 2.19. The van der Waals surface area contributed by atoms with Gasteiger partial charge in [0.25, 0.3) is 0 Å². The molecule has 1 aromatic heterocycles. The highest BCUT2D eigenvalue weighted by Gasteiger charge is 2.17. The SMILES string of the molecule is O/N=C1/CC=C(O)c2ncccc21. The fourth-order valence-corrected chi connectivity index (χ4v) is 1.34. The molecular weight excluding hydrogens is 168 g/mol. The van der Waals surface area contributed by atoms with E-state index in [2.05, 4.69) is 10.1 Å². The molecule has 0 radical (unpaired) electrons. The van der Waals surface area contributed by atoms with Crippen LogP contribution in [0.5, 0.6) is 0 Å². The lowest BCUT2D eigenvalue weighted by Crippen LogP contribution is -2.10. The van der Waals surface area contributed by atoms with Crippen molar-refractivity contribution in [1.82, 2.24) is 4.98 Å². The number of allylic oxidation sites excluding steroid dienone is 1. The Hall–Kier alpha value is -1.84. The van der Waals surface area contributed by atoms with Gasteiger partial charge in [-0.3, -0.25) is 4.98 Å². The molecule has 0 aromatic carbocycles. The van der Waals surface area contributed by atoms with Gasteiger partial charge in [0.2, 0.25) is 0 Å². The van der Waals surface area contributed by atoms with Crippen molar-refractivity contribution in [2.75, 3.05) is 0 Å². The molecule has 0 spiro atoms. The number of aliphatic hydroxyl groups is 1. The van der Waals surface area contributed by atoms with Crippen LogP contribution in [0.25, 0.3) is 5.76 Å². The summed E-state index contributed by atoms with van der Waals surface area (Å²) < 4.78 is 0. The van der Waals surface area contributed by atoms with Crippen LogP contribution in [0.4, 0.5) is 0 Å². The minimum atomic E-state index is 0.142. The lowest BCUT2D eigenvalue weighted by atomic mass is 9.99. The molecule has 0 bridgehead atoms. The fraction of sp³-hybridized carbons (Fsp3) is 0.111. The van der Waals surface area contributed by atoms with E-state index in [1.165, 1.54) is 0 Å². The van der Waals surface area contributed by atoms with Gasteiger partial charge in [0.05, 0.1) is 5.71 Å². The molecule has 2 rings (SSSR count). The van der Waals surface area contributed by atoms with Gasteiger partial charge >= 0.3 is 0 Å². The maximum Gasteiger partial charge on any atom is 0.138 e. The summed E-state index contributed by atoms with van der Waals surface area (Å²) in [6, 6.07) is 3.50. The summed E-state index contributed by atoms with van der Waals surface area (Å²) in [7, 11) is 0. The van der Waals surface area contributed by atoms with Crippen molar-refractivity contribution in [3.8, 4) is 0 Å². The Kier molecular flexibility index (Phi) is 1.73. The minimum Gasteiger partial charge on any atom is -0.506 e. The van der Waals surface area contributed by atoms with Crippen molar-refractivity contribution in [3.05, 3.63) is 35.7 Å². The van der Waals surface area contributed by atoms with Crippen molar-refractivity contribution in [3.63, 3.8) is 0 Å². The predicted molar refractivity (Wildman–Crippen MR) is 47.8 cm³/mol. The first-order valence-electron chi connectivity index (χ1n) is 3.88. The van der Waals surface area contributed by atoms with Crippen molar-refractivity contribution >= 4 is 11.5 Å². The first-order chi connectivity index (χ1) is 6.33. The Morgan fingerprint density at radius 2 is 2.31 bits per heavy atom. The van der Waals surface area contributed by atoms with Crippen molar-refractivity contribution in [2.24, 2.45) is 5.16 Å². The van der Waals surface area contributed by atoms with Gasteiger partial charge in [-0.05, 0) is 18.2 Å².